The van der Waals surface area contributed by atoms with Crippen LogP contribution in [-0.4, -0.2) is 37.1 Å². The van der Waals surface area contributed by atoms with Gasteiger partial charge in [-0.1, -0.05) is 48.0 Å². The summed E-state index contributed by atoms with van der Waals surface area (Å²) in [5.41, 5.74) is 0.956. The van der Waals surface area contributed by atoms with Crippen molar-refractivity contribution in [3.8, 4) is 0 Å². The van der Waals surface area contributed by atoms with E-state index in [1.54, 1.807) is 0 Å². The Hall–Kier alpha value is -0.0800. The molecule has 0 aromatic heterocycles. The maximum atomic E-state index is 3.64. The lowest BCUT2D eigenvalue weighted by Crippen LogP contribution is -2.43. The number of hydrogen-bond acceptors (Lipinski definition) is 2. The van der Waals surface area contributed by atoms with Crippen LogP contribution in [0, 0.1) is 10.8 Å². The zero-order chi connectivity index (χ0) is 13.8. The van der Waals surface area contributed by atoms with Crippen LogP contribution in [0.5, 0.6) is 0 Å². The van der Waals surface area contributed by atoms with Gasteiger partial charge in [0.05, 0.1) is 0 Å². The molecule has 0 spiro atoms. The van der Waals surface area contributed by atoms with Crippen LogP contribution in [0.15, 0.2) is 0 Å². The quantitative estimate of drug-likeness (QED) is 0.748. The van der Waals surface area contributed by atoms with Gasteiger partial charge in [0, 0.05) is 25.7 Å². The summed E-state index contributed by atoms with van der Waals surface area (Å²) in [6, 6.07) is 0.594. The minimum absolute atomic E-state index is 0.430. The number of rotatable bonds is 7. The van der Waals surface area contributed by atoms with Gasteiger partial charge < -0.3 is 10.2 Å². The Kier molecular flexibility index (Phi) is 5.67. The van der Waals surface area contributed by atoms with E-state index in [1.807, 2.05) is 0 Å². The molecular formula is C16H34N2. The van der Waals surface area contributed by atoms with E-state index in [-0.39, 0.29) is 0 Å². The van der Waals surface area contributed by atoms with Gasteiger partial charge in [-0.15, -0.1) is 0 Å². The monoisotopic (exact) mass is 254 g/mol. The van der Waals surface area contributed by atoms with Gasteiger partial charge in [0.15, 0.2) is 0 Å². The molecule has 2 nitrogen and oxygen atoms in total. The first-order chi connectivity index (χ1) is 8.26. The summed E-state index contributed by atoms with van der Waals surface area (Å²) in [5.74, 6) is 0. The first-order valence-electron chi connectivity index (χ1n) is 7.72. The van der Waals surface area contributed by atoms with E-state index in [0.717, 1.165) is 6.54 Å². The van der Waals surface area contributed by atoms with E-state index in [4.69, 9.17) is 0 Å². The van der Waals surface area contributed by atoms with Crippen LogP contribution in [0.25, 0.3) is 0 Å². The Bertz CT molecular complexity index is 247. The molecule has 1 fully saturated rings. The fraction of sp³-hybridized carbons (Fsp3) is 1.00. The van der Waals surface area contributed by atoms with E-state index in [1.165, 1.54) is 38.9 Å². The summed E-state index contributed by atoms with van der Waals surface area (Å²) >= 11 is 0. The number of likely N-dealkylation sites (tertiary alicyclic amines) is 1. The Balaban J connectivity index is 2.51. The topological polar surface area (TPSA) is 15.3 Å². The van der Waals surface area contributed by atoms with E-state index >= 15 is 0 Å². The molecule has 0 bridgehead atoms. The van der Waals surface area contributed by atoms with Crippen LogP contribution >= 0.6 is 0 Å². The van der Waals surface area contributed by atoms with Crippen LogP contribution in [0.2, 0.25) is 0 Å². The highest BCUT2D eigenvalue weighted by Gasteiger charge is 2.33. The van der Waals surface area contributed by atoms with Crippen molar-refractivity contribution < 1.29 is 0 Å². The maximum Gasteiger partial charge on any atom is 0.00477 e. The van der Waals surface area contributed by atoms with Gasteiger partial charge >= 0.3 is 0 Å². The van der Waals surface area contributed by atoms with Crippen molar-refractivity contribution in [3.63, 3.8) is 0 Å². The van der Waals surface area contributed by atoms with Crippen LogP contribution in [0.1, 0.15) is 60.8 Å². The lowest BCUT2D eigenvalue weighted by molar-refractivity contribution is 0.159. The number of hydrogen-bond donors (Lipinski definition) is 1. The molecule has 0 aliphatic carbocycles. The first kappa shape index (κ1) is 16.0. The average Bonchev–Trinajstić information content (AvgIpc) is 2.55. The Labute approximate surface area is 115 Å². The van der Waals surface area contributed by atoms with Gasteiger partial charge in [-0.3, -0.25) is 0 Å². The molecule has 0 saturated carbocycles. The summed E-state index contributed by atoms with van der Waals surface area (Å²) in [4.78, 5) is 2.68. The van der Waals surface area contributed by atoms with Crippen molar-refractivity contribution >= 4 is 0 Å². The molecule has 1 saturated heterocycles. The molecule has 1 rings (SSSR count). The third kappa shape index (κ3) is 5.27. The predicted octanol–water partition coefficient (Wildman–Crippen LogP) is 3.52. The summed E-state index contributed by atoms with van der Waals surface area (Å²) in [6.07, 6.45) is 3.96. The minimum atomic E-state index is 0.430. The van der Waals surface area contributed by atoms with Crippen LogP contribution in [-0.2, 0) is 0 Å². The van der Waals surface area contributed by atoms with E-state index in [0.29, 0.717) is 16.9 Å². The molecule has 1 heterocycles. The fourth-order valence-corrected chi connectivity index (χ4v) is 3.18. The standard InChI is InChI=1S/C16H34N2/c1-7-8-16(6,11-17-14(2)3)13-18-10-9-15(4,5)12-18/h14,17H,7-13H2,1-6H3. The third-order valence-corrected chi connectivity index (χ3v) is 4.15. The largest absolute Gasteiger partial charge is 0.314 e. The van der Waals surface area contributed by atoms with Gasteiger partial charge in [-0.05, 0) is 30.2 Å². The lowest BCUT2D eigenvalue weighted by Gasteiger charge is -2.35. The SMILES string of the molecule is CCCC(C)(CNC(C)C)CN1CCC(C)(C)C1. The normalized spacial score (nSPS) is 23.5. The summed E-state index contributed by atoms with van der Waals surface area (Å²) in [6.45, 7) is 19.0. The fourth-order valence-electron chi connectivity index (χ4n) is 3.18. The Morgan fingerprint density at radius 1 is 1.33 bits per heavy atom. The van der Waals surface area contributed by atoms with Crippen LogP contribution < -0.4 is 5.32 Å². The highest BCUT2D eigenvalue weighted by atomic mass is 15.2. The second-order valence-electron chi connectivity index (χ2n) is 7.72. The second-order valence-corrected chi connectivity index (χ2v) is 7.72. The molecule has 0 amide bonds. The summed E-state index contributed by atoms with van der Waals surface area (Å²) in [5, 5.41) is 3.64. The van der Waals surface area contributed by atoms with Gasteiger partial charge in [0.1, 0.15) is 0 Å². The van der Waals surface area contributed by atoms with Crippen LogP contribution in [0.3, 0.4) is 0 Å². The molecule has 1 aliphatic rings. The molecule has 1 aliphatic heterocycles. The van der Waals surface area contributed by atoms with Gasteiger partial charge in [-0.2, -0.15) is 0 Å². The van der Waals surface area contributed by atoms with Crippen molar-refractivity contribution in [2.45, 2.75) is 66.8 Å². The first-order valence-corrected chi connectivity index (χ1v) is 7.72. The van der Waals surface area contributed by atoms with Gasteiger partial charge in [0.25, 0.3) is 0 Å². The third-order valence-electron chi connectivity index (χ3n) is 4.15. The molecular weight excluding hydrogens is 220 g/mol. The zero-order valence-electron chi connectivity index (χ0n) is 13.5. The highest BCUT2D eigenvalue weighted by Crippen LogP contribution is 2.32. The van der Waals surface area contributed by atoms with E-state index in [9.17, 15) is 0 Å². The van der Waals surface area contributed by atoms with E-state index < -0.39 is 0 Å². The predicted molar refractivity (Wildman–Crippen MR) is 81.0 cm³/mol. The molecule has 18 heavy (non-hydrogen) atoms. The van der Waals surface area contributed by atoms with Crippen LogP contribution in [0.4, 0.5) is 0 Å². The van der Waals surface area contributed by atoms with Crippen molar-refractivity contribution in [2.24, 2.45) is 10.8 Å². The average molecular weight is 254 g/mol. The lowest BCUT2D eigenvalue weighted by atomic mass is 9.84. The zero-order valence-corrected chi connectivity index (χ0v) is 13.5. The van der Waals surface area contributed by atoms with E-state index in [2.05, 4.69) is 51.8 Å². The maximum absolute atomic E-state index is 3.64. The second kappa shape index (κ2) is 6.38. The molecule has 1 atom stereocenters. The Morgan fingerprint density at radius 2 is 2.00 bits per heavy atom. The van der Waals surface area contributed by atoms with Gasteiger partial charge in [0.2, 0.25) is 0 Å². The summed E-state index contributed by atoms with van der Waals surface area (Å²) < 4.78 is 0. The smallest absolute Gasteiger partial charge is 0.00477 e. The van der Waals surface area contributed by atoms with Crippen molar-refractivity contribution in [1.29, 1.82) is 0 Å². The Morgan fingerprint density at radius 3 is 2.44 bits per heavy atom. The molecule has 1 unspecified atom stereocenters. The molecule has 0 radical (unpaired) electrons. The molecule has 108 valence electrons. The molecule has 0 aromatic carbocycles. The van der Waals surface area contributed by atoms with Crippen molar-refractivity contribution in [1.82, 2.24) is 10.2 Å². The molecule has 1 N–H and O–H groups in total. The molecule has 2 heteroatoms. The highest BCUT2D eigenvalue weighted by molar-refractivity contribution is 4.88. The van der Waals surface area contributed by atoms with Crippen molar-refractivity contribution in [2.75, 3.05) is 26.2 Å². The van der Waals surface area contributed by atoms with Crippen molar-refractivity contribution in [3.05, 3.63) is 0 Å². The molecule has 0 aromatic rings. The summed E-state index contributed by atoms with van der Waals surface area (Å²) in [7, 11) is 0. The number of nitrogens with zero attached hydrogens (tertiary/aromatic N) is 1. The number of nitrogens with one attached hydrogen (secondary N) is 1. The minimum Gasteiger partial charge on any atom is -0.314 e. The van der Waals surface area contributed by atoms with Gasteiger partial charge in [-0.25, -0.2) is 0 Å².